The van der Waals surface area contributed by atoms with Gasteiger partial charge >= 0.3 is 0 Å². The van der Waals surface area contributed by atoms with Gasteiger partial charge in [0.15, 0.2) is 0 Å². The van der Waals surface area contributed by atoms with Crippen LogP contribution in [0.1, 0.15) is 23.7 Å². The standard InChI is InChI=1S/C21H22N2O/c1-18(24)23(16-20-11-6-3-7-12-20)17-21-13-8-14-22(21)15-19-9-4-2-5-10-19/h2-14H,15-17H2,1H3. The largest absolute Gasteiger partial charge is 0.345 e. The molecule has 0 radical (unpaired) electrons. The second-order valence-electron chi connectivity index (χ2n) is 5.97. The highest BCUT2D eigenvalue weighted by molar-refractivity contribution is 5.73. The van der Waals surface area contributed by atoms with Crippen LogP contribution in [-0.4, -0.2) is 15.4 Å². The number of hydrogen-bond acceptors (Lipinski definition) is 1. The molecule has 0 saturated carbocycles. The van der Waals surface area contributed by atoms with Crippen LogP contribution >= 0.6 is 0 Å². The van der Waals surface area contributed by atoms with Crippen LogP contribution in [0.3, 0.4) is 0 Å². The van der Waals surface area contributed by atoms with Crippen LogP contribution in [0.4, 0.5) is 0 Å². The van der Waals surface area contributed by atoms with Crippen molar-refractivity contribution in [1.82, 2.24) is 9.47 Å². The lowest BCUT2D eigenvalue weighted by Crippen LogP contribution is -2.28. The van der Waals surface area contributed by atoms with Crippen molar-refractivity contribution in [3.05, 3.63) is 95.8 Å². The first-order chi connectivity index (χ1) is 11.7. The summed E-state index contributed by atoms with van der Waals surface area (Å²) >= 11 is 0. The van der Waals surface area contributed by atoms with Crippen molar-refractivity contribution in [3.63, 3.8) is 0 Å². The predicted molar refractivity (Wildman–Crippen MR) is 96.3 cm³/mol. The zero-order valence-electron chi connectivity index (χ0n) is 13.9. The summed E-state index contributed by atoms with van der Waals surface area (Å²) in [5.41, 5.74) is 3.55. The van der Waals surface area contributed by atoms with Crippen molar-refractivity contribution in [2.75, 3.05) is 0 Å². The maximum atomic E-state index is 12.1. The molecular formula is C21H22N2O. The van der Waals surface area contributed by atoms with E-state index in [2.05, 4.69) is 53.2 Å². The van der Waals surface area contributed by atoms with E-state index < -0.39 is 0 Å². The first kappa shape index (κ1) is 16.1. The number of carbonyl (C=O) groups is 1. The van der Waals surface area contributed by atoms with E-state index in [4.69, 9.17) is 0 Å². The minimum atomic E-state index is 0.0892. The van der Waals surface area contributed by atoms with Crippen molar-refractivity contribution in [2.45, 2.75) is 26.6 Å². The monoisotopic (exact) mass is 318 g/mol. The molecule has 1 aromatic heterocycles. The van der Waals surface area contributed by atoms with Gasteiger partial charge in [-0.1, -0.05) is 60.7 Å². The summed E-state index contributed by atoms with van der Waals surface area (Å²) in [5.74, 6) is 0.0892. The van der Waals surface area contributed by atoms with Gasteiger partial charge in [-0.25, -0.2) is 0 Å². The average Bonchev–Trinajstić information content (AvgIpc) is 3.03. The molecule has 24 heavy (non-hydrogen) atoms. The van der Waals surface area contributed by atoms with Gasteiger partial charge in [0.25, 0.3) is 0 Å². The van der Waals surface area contributed by atoms with Crippen LogP contribution < -0.4 is 0 Å². The van der Waals surface area contributed by atoms with Crippen molar-refractivity contribution < 1.29 is 4.79 Å². The Morgan fingerprint density at radius 3 is 2.08 bits per heavy atom. The second-order valence-corrected chi connectivity index (χ2v) is 5.97. The smallest absolute Gasteiger partial charge is 0.220 e. The minimum Gasteiger partial charge on any atom is -0.345 e. The molecule has 0 atom stereocenters. The molecule has 0 spiro atoms. The zero-order valence-corrected chi connectivity index (χ0v) is 13.9. The normalized spacial score (nSPS) is 10.5. The van der Waals surface area contributed by atoms with E-state index >= 15 is 0 Å². The van der Waals surface area contributed by atoms with Crippen molar-refractivity contribution in [3.8, 4) is 0 Å². The minimum absolute atomic E-state index is 0.0892. The molecule has 3 nitrogen and oxygen atoms in total. The van der Waals surface area contributed by atoms with E-state index in [0.29, 0.717) is 13.1 Å². The molecule has 0 aliphatic carbocycles. The molecule has 1 heterocycles. The Balaban J connectivity index is 1.74. The summed E-state index contributed by atoms with van der Waals surface area (Å²) in [6, 6.07) is 24.6. The lowest BCUT2D eigenvalue weighted by atomic mass is 10.2. The summed E-state index contributed by atoms with van der Waals surface area (Å²) < 4.78 is 2.20. The summed E-state index contributed by atoms with van der Waals surface area (Å²) in [6.07, 6.45) is 2.07. The Hall–Kier alpha value is -2.81. The van der Waals surface area contributed by atoms with E-state index in [1.165, 1.54) is 5.56 Å². The lowest BCUT2D eigenvalue weighted by molar-refractivity contribution is -0.130. The molecule has 122 valence electrons. The van der Waals surface area contributed by atoms with Crippen LogP contribution in [0.5, 0.6) is 0 Å². The zero-order chi connectivity index (χ0) is 16.8. The van der Waals surface area contributed by atoms with Crippen LogP contribution in [0, 0.1) is 0 Å². The molecule has 3 aromatic rings. The van der Waals surface area contributed by atoms with Gasteiger partial charge in [0.05, 0.1) is 6.54 Å². The topological polar surface area (TPSA) is 25.2 Å². The molecule has 1 amide bonds. The highest BCUT2D eigenvalue weighted by Gasteiger charge is 2.12. The molecular weight excluding hydrogens is 296 g/mol. The Morgan fingerprint density at radius 2 is 1.46 bits per heavy atom. The molecule has 3 heteroatoms. The van der Waals surface area contributed by atoms with Crippen molar-refractivity contribution >= 4 is 5.91 Å². The number of amides is 1. The maximum Gasteiger partial charge on any atom is 0.220 e. The fraction of sp³-hybridized carbons (Fsp3) is 0.190. The number of benzene rings is 2. The Kier molecular flexibility index (Phi) is 5.12. The average molecular weight is 318 g/mol. The molecule has 0 unspecified atom stereocenters. The highest BCUT2D eigenvalue weighted by Crippen LogP contribution is 2.13. The number of carbonyl (C=O) groups excluding carboxylic acids is 1. The fourth-order valence-corrected chi connectivity index (χ4v) is 2.81. The van der Waals surface area contributed by atoms with Gasteiger partial charge in [0.2, 0.25) is 5.91 Å². The third kappa shape index (κ3) is 4.13. The van der Waals surface area contributed by atoms with Gasteiger partial charge in [-0.2, -0.15) is 0 Å². The summed E-state index contributed by atoms with van der Waals surface area (Å²) in [6.45, 7) is 3.70. The van der Waals surface area contributed by atoms with Crippen molar-refractivity contribution in [2.24, 2.45) is 0 Å². The quantitative estimate of drug-likeness (QED) is 0.672. The van der Waals surface area contributed by atoms with Crippen LogP contribution in [-0.2, 0) is 24.4 Å². The van der Waals surface area contributed by atoms with E-state index in [0.717, 1.165) is 17.8 Å². The lowest BCUT2D eigenvalue weighted by Gasteiger charge is -2.22. The first-order valence-corrected chi connectivity index (χ1v) is 8.20. The van der Waals surface area contributed by atoms with E-state index in [1.807, 2.05) is 35.2 Å². The third-order valence-corrected chi connectivity index (χ3v) is 4.13. The molecule has 0 aliphatic heterocycles. The van der Waals surface area contributed by atoms with Crippen molar-refractivity contribution in [1.29, 1.82) is 0 Å². The number of nitrogens with zero attached hydrogens (tertiary/aromatic N) is 2. The Labute approximate surface area is 143 Å². The van der Waals surface area contributed by atoms with Gasteiger partial charge < -0.3 is 9.47 Å². The molecule has 0 saturated heterocycles. The number of aromatic nitrogens is 1. The molecule has 0 N–H and O–H groups in total. The molecule has 3 rings (SSSR count). The Bertz CT molecular complexity index is 778. The second kappa shape index (κ2) is 7.64. The van der Waals surface area contributed by atoms with Crippen LogP contribution in [0.15, 0.2) is 79.0 Å². The van der Waals surface area contributed by atoms with Crippen LogP contribution in [0.2, 0.25) is 0 Å². The summed E-state index contributed by atoms with van der Waals surface area (Å²) in [5, 5.41) is 0. The maximum absolute atomic E-state index is 12.1. The predicted octanol–water partition coefficient (Wildman–Crippen LogP) is 4.09. The molecule has 0 bridgehead atoms. The summed E-state index contributed by atoms with van der Waals surface area (Å²) in [7, 11) is 0. The Morgan fingerprint density at radius 1 is 0.833 bits per heavy atom. The van der Waals surface area contributed by atoms with Gasteiger partial charge in [-0.15, -0.1) is 0 Å². The first-order valence-electron chi connectivity index (χ1n) is 8.20. The van der Waals surface area contributed by atoms with Gasteiger partial charge in [-0.3, -0.25) is 4.79 Å². The number of rotatable bonds is 6. The van der Waals surface area contributed by atoms with Gasteiger partial charge in [0, 0.05) is 31.9 Å². The number of hydrogen-bond donors (Lipinski definition) is 0. The molecule has 0 aliphatic rings. The van der Waals surface area contributed by atoms with Gasteiger partial charge in [0.1, 0.15) is 0 Å². The fourth-order valence-electron chi connectivity index (χ4n) is 2.81. The van der Waals surface area contributed by atoms with Crippen LogP contribution in [0.25, 0.3) is 0 Å². The highest BCUT2D eigenvalue weighted by atomic mass is 16.2. The van der Waals surface area contributed by atoms with E-state index in [-0.39, 0.29) is 5.91 Å². The molecule has 2 aromatic carbocycles. The van der Waals surface area contributed by atoms with Gasteiger partial charge in [-0.05, 0) is 23.3 Å². The third-order valence-electron chi connectivity index (χ3n) is 4.13. The summed E-state index contributed by atoms with van der Waals surface area (Å²) in [4.78, 5) is 13.9. The van der Waals surface area contributed by atoms with E-state index in [9.17, 15) is 4.79 Å². The van der Waals surface area contributed by atoms with E-state index in [1.54, 1.807) is 6.92 Å². The SMILES string of the molecule is CC(=O)N(Cc1ccccc1)Cc1cccn1Cc1ccccc1. The molecule has 0 fully saturated rings.